The molecule has 0 saturated carbocycles. The van der Waals surface area contributed by atoms with Crippen molar-refractivity contribution in [2.75, 3.05) is 33.0 Å². The van der Waals surface area contributed by atoms with Crippen LogP contribution in [0.3, 0.4) is 0 Å². The van der Waals surface area contributed by atoms with Crippen LogP contribution in [0.25, 0.3) is 0 Å². The predicted molar refractivity (Wildman–Crippen MR) is 96.9 cm³/mol. The van der Waals surface area contributed by atoms with Gasteiger partial charge in [-0.3, -0.25) is 4.79 Å². The average Bonchev–Trinajstić information content (AvgIpc) is 2.67. The minimum absolute atomic E-state index is 0.0102. The van der Waals surface area contributed by atoms with Gasteiger partial charge in [0.15, 0.2) is 6.29 Å². The van der Waals surface area contributed by atoms with Crippen LogP contribution < -0.4 is 5.32 Å². The highest BCUT2D eigenvalue weighted by atomic mass is 16.7. The number of aliphatic hydroxyl groups excluding tert-OH is 4. The van der Waals surface area contributed by atoms with E-state index in [4.69, 9.17) is 19.3 Å². The second-order valence-electron chi connectivity index (χ2n) is 6.69. The molecule has 1 aliphatic rings. The Kier molecular flexibility index (Phi) is 12.8. The molecule has 0 bridgehead atoms. The Labute approximate surface area is 160 Å². The molecule has 1 amide bonds. The highest BCUT2D eigenvalue weighted by Crippen LogP contribution is 2.22. The number of carbonyl (C=O) groups excluding carboxylic acids is 1. The number of aliphatic hydroxyl groups is 4. The van der Waals surface area contributed by atoms with Gasteiger partial charge in [0.1, 0.15) is 24.4 Å². The smallest absolute Gasteiger partial charge is 0.220 e. The van der Waals surface area contributed by atoms with Crippen LogP contribution in [0.1, 0.15) is 45.4 Å². The van der Waals surface area contributed by atoms with Crippen molar-refractivity contribution in [1.82, 2.24) is 5.32 Å². The second-order valence-corrected chi connectivity index (χ2v) is 6.69. The molecule has 0 aromatic carbocycles. The summed E-state index contributed by atoms with van der Waals surface area (Å²) in [7, 11) is 0. The van der Waals surface area contributed by atoms with Gasteiger partial charge in [0, 0.05) is 26.2 Å². The first-order valence-corrected chi connectivity index (χ1v) is 9.77. The molecule has 9 heteroatoms. The van der Waals surface area contributed by atoms with Crippen LogP contribution in [0.4, 0.5) is 0 Å². The van der Waals surface area contributed by atoms with Gasteiger partial charge in [-0.15, -0.1) is 0 Å². The molecule has 9 nitrogen and oxygen atoms in total. The molecule has 5 unspecified atom stereocenters. The average molecular weight is 393 g/mol. The van der Waals surface area contributed by atoms with Gasteiger partial charge in [-0.2, -0.15) is 0 Å². The van der Waals surface area contributed by atoms with Crippen molar-refractivity contribution in [3.63, 3.8) is 0 Å². The lowest BCUT2D eigenvalue weighted by Crippen LogP contribution is -2.59. The molecular weight excluding hydrogens is 358 g/mol. The molecule has 0 radical (unpaired) electrons. The zero-order valence-electron chi connectivity index (χ0n) is 16.1. The minimum Gasteiger partial charge on any atom is -0.394 e. The first-order chi connectivity index (χ1) is 13.0. The van der Waals surface area contributed by atoms with Crippen LogP contribution >= 0.6 is 0 Å². The lowest BCUT2D eigenvalue weighted by molar-refractivity contribution is -0.301. The zero-order chi connectivity index (χ0) is 20.1. The summed E-state index contributed by atoms with van der Waals surface area (Å²) in [5.74, 6) is -0.0102. The van der Waals surface area contributed by atoms with Crippen LogP contribution in [0.15, 0.2) is 0 Å². The Morgan fingerprint density at radius 2 is 1.78 bits per heavy atom. The molecule has 5 N–H and O–H groups in total. The zero-order valence-corrected chi connectivity index (χ0v) is 16.1. The highest BCUT2D eigenvalue weighted by molar-refractivity contribution is 5.75. The monoisotopic (exact) mass is 393 g/mol. The Balaban J connectivity index is 2.04. The standard InChI is InChI=1S/C18H35NO8/c1-2-3-9-25-11-8-19-14(21)7-5-4-6-10-26-18-17(24)16(23)15(22)13(12-20)27-18/h13,15-18,20,22-24H,2-12H2,1H3,(H,19,21). The Hall–Kier alpha value is -0.810. The first-order valence-electron chi connectivity index (χ1n) is 9.77. The van der Waals surface area contributed by atoms with Crippen molar-refractivity contribution < 1.29 is 39.4 Å². The number of unbranched alkanes of at least 4 members (excludes halogenated alkanes) is 3. The molecule has 1 rings (SSSR count). The SMILES string of the molecule is CCCCOCCNC(=O)CCCCCOC1OC(CO)C(O)C(O)C1O. The molecule has 1 aliphatic heterocycles. The maximum absolute atomic E-state index is 11.7. The number of hydrogen-bond acceptors (Lipinski definition) is 8. The Bertz CT molecular complexity index is 396. The molecule has 0 aliphatic carbocycles. The van der Waals surface area contributed by atoms with Crippen LogP contribution in [0, 0.1) is 0 Å². The van der Waals surface area contributed by atoms with E-state index in [0.717, 1.165) is 25.9 Å². The third kappa shape index (κ3) is 9.29. The number of hydrogen-bond donors (Lipinski definition) is 5. The summed E-state index contributed by atoms with van der Waals surface area (Å²) < 4.78 is 16.0. The first kappa shape index (κ1) is 24.2. The van der Waals surface area contributed by atoms with Crippen molar-refractivity contribution in [1.29, 1.82) is 0 Å². The van der Waals surface area contributed by atoms with Crippen molar-refractivity contribution in [2.45, 2.75) is 76.2 Å². The maximum atomic E-state index is 11.7. The van der Waals surface area contributed by atoms with E-state index in [1.54, 1.807) is 0 Å². The van der Waals surface area contributed by atoms with Gasteiger partial charge < -0.3 is 40.0 Å². The molecule has 5 atom stereocenters. The van der Waals surface area contributed by atoms with Crippen molar-refractivity contribution in [2.24, 2.45) is 0 Å². The lowest BCUT2D eigenvalue weighted by Gasteiger charge is -2.39. The van der Waals surface area contributed by atoms with E-state index in [0.29, 0.717) is 32.4 Å². The summed E-state index contributed by atoms with van der Waals surface area (Å²) in [6.45, 7) is 3.65. The van der Waals surface area contributed by atoms with E-state index >= 15 is 0 Å². The number of ether oxygens (including phenoxy) is 3. The second kappa shape index (κ2) is 14.2. The van der Waals surface area contributed by atoms with Crippen molar-refractivity contribution in [3.8, 4) is 0 Å². The topological polar surface area (TPSA) is 138 Å². The lowest BCUT2D eigenvalue weighted by atomic mass is 9.99. The normalized spacial score (nSPS) is 28.3. The number of nitrogens with one attached hydrogen (secondary N) is 1. The molecule has 0 spiro atoms. The highest BCUT2D eigenvalue weighted by Gasteiger charge is 2.43. The van der Waals surface area contributed by atoms with Gasteiger partial charge in [0.25, 0.3) is 0 Å². The van der Waals surface area contributed by atoms with Crippen molar-refractivity contribution >= 4 is 5.91 Å². The number of carbonyl (C=O) groups is 1. The molecule has 0 aromatic rings. The Morgan fingerprint density at radius 1 is 1.00 bits per heavy atom. The van der Waals surface area contributed by atoms with E-state index in [9.17, 15) is 20.1 Å². The predicted octanol–water partition coefficient (Wildman–Crippen LogP) is -0.704. The van der Waals surface area contributed by atoms with Gasteiger partial charge in [-0.1, -0.05) is 19.8 Å². The van der Waals surface area contributed by atoms with Gasteiger partial charge >= 0.3 is 0 Å². The maximum Gasteiger partial charge on any atom is 0.220 e. The molecule has 1 fully saturated rings. The molecule has 160 valence electrons. The van der Waals surface area contributed by atoms with E-state index in [1.807, 2.05) is 0 Å². The number of rotatable bonds is 14. The third-order valence-corrected chi connectivity index (χ3v) is 4.39. The fourth-order valence-corrected chi connectivity index (χ4v) is 2.67. The molecule has 0 aromatic heterocycles. The summed E-state index contributed by atoms with van der Waals surface area (Å²) in [6, 6.07) is 0. The fourth-order valence-electron chi connectivity index (χ4n) is 2.67. The van der Waals surface area contributed by atoms with Crippen LogP contribution in [-0.2, 0) is 19.0 Å². The van der Waals surface area contributed by atoms with Crippen molar-refractivity contribution in [3.05, 3.63) is 0 Å². The van der Waals surface area contributed by atoms with Gasteiger partial charge in [0.2, 0.25) is 5.91 Å². The fraction of sp³-hybridized carbons (Fsp3) is 0.944. The van der Waals surface area contributed by atoms with E-state index in [-0.39, 0.29) is 12.5 Å². The van der Waals surface area contributed by atoms with Gasteiger partial charge in [0.05, 0.1) is 13.2 Å². The third-order valence-electron chi connectivity index (χ3n) is 4.39. The molecular formula is C18H35NO8. The van der Waals surface area contributed by atoms with Crippen LogP contribution in [0.2, 0.25) is 0 Å². The van der Waals surface area contributed by atoms with E-state index in [1.165, 1.54) is 0 Å². The van der Waals surface area contributed by atoms with Gasteiger partial charge in [-0.05, 0) is 19.3 Å². The summed E-state index contributed by atoms with van der Waals surface area (Å²) >= 11 is 0. The van der Waals surface area contributed by atoms with Crippen LogP contribution in [0.5, 0.6) is 0 Å². The summed E-state index contributed by atoms with van der Waals surface area (Å²) in [5, 5.41) is 41.1. The van der Waals surface area contributed by atoms with Gasteiger partial charge in [-0.25, -0.2) is 0 Å². The molecule has 27 heavy (non-hydrogen) atoms. The molecule has 1 saturated heterocycles. The number of amides is 1. The van der Waals surface area contributed by atoms with E-state index < -0.39 is 37.3 Å². The largest absolute Gasteiger partial charge is 0.394 e. The summed E-state index contributed by atoms with van der Waals surface area (Å²) in [5.41, 5.74) is 0. The summed E-state index contributed by atoms with van der Waals surface area (Å²) in [4.78, 5) is 11.7. The minimum atomic E-state index is -1.43. The van der Waals surface area contributed by atoms with E-state index in [2.05, 4.69) is 12.2 Å². The van der Waals surface area contributed by atoms with Crippen LogP contribution in [-0.4, -0.2) is 90.0 Å². The molecule has 1 heterocycles. The summed E-state index contributed by atoms with van der Waals surface area (Å²) in [6.07, 6.45) is -1.61. The Morgan fingerprint density at radius 3 is 2.48 bits per heavy atom. The quantitative estimate of drug-likeness (QED) is 0.244.